The molecule has 2 N–H and O–H groups in total. The second-order valence-electron chi connectivity index (χ2n) is 7.25. The molecule has 9 heteroatoms. The lowest BCUT2D eigenvalue weighted by atomic mass is 10.0. The molecule has 0 unspecified atom stereocenters. The van der Waals surface area contributed by atoms with Gasteiger partial charge in [0.25, 0.3) is 5.91 Å². The van der Waals surface area contributed by atoms with E-state index in [-0.39, 0.29) is 17.8 Å². The van der Waals surface area contributed by atoms with Crippen molar-refractivity contribution in [2.24, 2.45) is 0 Å². The van der Waals surface area contributed by atoms with Crippen molar-refractivity contribution >= 4 is 35.0 Å². The van der Waals surface area contributed by atoms with Crippen LogP contribution >= 0.6 is 11.6 Å². The Morgan fingerprint density at radius 2 is 1.71 bits per heavy atom. The van der Waals surface area contributed by atoms with Gasteiger partial charge in [0.2, 0.25) is 0 Å². The SMILES string of the molecule is O=C(Nc1ccccc1Cl)Nc1ccnn1C1CCN(C(=O)c2ccc(F)cc2)CC1. The molecule has 0 aliphatic carbocycles. The summed E-state index contributed by atoms with van der Waals surface area (Å²) in [7, 11) is 0. The van der Waals surface area contributed by atoms with E-state index in [4.69, 9.17) is 11.6 Å². The maximum Gasteiger partial charge on any atom is 0.324 e. The predicted octanol–water partition coefficient (Wildman–Crippen LogP) is 4.80. The Kier molecular flexibility index (Phi) is 6.18. The molecule has 2 heterocycles. The number of piperidine rings is 1. The molecule has 1 aromatic heterocycles. The lowest BCUT2D eigenvalue weighted by Gasteiger charge is -2.32. The lowest BCUT2D eigenvalue weighted by Crippen LogP contribution is -2.39. The Morgan fingerprint density at radius 3 is 2.42 bits per heavy atom. The van der Waals surface area contributed by atoms with Crippen molar-refractivity contribution in [2.45, 2.75) is 18.9 Å². The predicted molar refractivity (Wildman–Crippen MR) is 117 cm³/mol. The molecular weight excluding hydrogens is 421 g/mol. The van der Waals surface area contributed by atoms with E-state index in [9.17, 15) is 14.0 Å². The minimum Gasteiger partial charge on any atom is -0.338 e. The molecule has 1 aliphatic heterocycles. The van der Waals surface area contributed by atoms with Gasteiger partial charge in [0, 0.05) is 24.7 Å². The maximum atomic E-state index is 13.1. The second-order valence-corrected chi connectivity index (χ2v) is 7.66. The van der Waals surface area contributed by atoms with E-state index >= 15 is 0 Å². The van der Waals surface area contributed by atoms with Crippen LogP contribution in [0.2, 0.25) is 5.02 Å². The van der Waals surface area contributed by atoms with Gasteiger partial charge < -0.3 is 10.2 Å². The van der Waals surface area contributed by atoms with E-state index in [0.717, 1.165) is 0 Å². The largest absolute Gasteiger partial charge is 0.338 e. The quantitative estimate of drug-likeness (QED) is 0.610. The van der Waals surface area contributed by atoms with Crippen molar-refractivity contribution in [2.75, 3.05) is 23.7 Å². The number of urea groups is 1. The third-order valence-corrected chi connectivity index (χ3v) is 5.55. The summed E-state index contributed by atoms with van der Waals surface area (Å²) >= 11 is 6.08. The fraction of sp³-hybridized carbons (Fsp3) is 0.227. The highest BCUT2D eigenvalue weighted by molar-refractivity contribution is 6.33. The van der Waals surface area contributed by atoms with Gasteiger partial charge in [-0.25, -0.2) is 13.9 Å². The number of amides is 3. The van der Waals surface area contributed by atoms with Gasteiger partial charge in [-0.2, -0.15) is 5.10 Å². The number of carbonyl (C=O) groups is 2. The number of nitrogens with one attached hydrogen (secondary N) is 2. The van der Waals surface area contributed by atoms with Crippen LogP contribution in [0, 0.1) is 5.82 Å². The molecular formula is C22H21ClFN5O2. The number of hydrogen-bond acceptors (Lipinski definition) is 3. The Balaban J connectivity index is 1.36. The Morgan fingerprint density at radius 1 is 1.00 bits per heavy atom. The molecule has 1 aliphatic rings. The number of nitrogens with zero attached hydrogens (tertiary/aromatic N) is 3. The van der Waals surface area contributed by atoms with Gasteiger partial charge in [-0.05, 0) is 49.2 Å². The summed E-state index contributed by atoms with van der Waals surface area (Å²) in [5, 5.41) is 10.3. The molecule has 31 heavy (non-hydrogen) atoms. The number of para-hydroxylation sites is 1. The maximum absolute atomic E-state index is 13.1. The van der Waals surface area contributed by atoms with Crippen LogP contribution in [0.15, 0.2) is 60.8 Å². The summed E-state index contributed by atoms with van der Waals surface area (Å²) in [5.41, 5.74) is 0.984. The number of benzene rings is 2. The molecule has 0 bridgehead atoms. The second kappa shape index (κ2) is 9.18. The highest BCUT2D eigenvalue weighted by Crippen LogP contribution is 2.27. The number of anilines is 2. The minimum atomic E-state index is -0.418. The fourth-order valence-corrected chi connectivity index (χ4v) is 3.81. The molecule has 0 atom stereocenters. The van der Waals surface area contributed by atoms with Gasteiger partial charge in [-0.3, -0.25) is 10.1 Å². The van der Waals surface area contributed by atoms with E-state index in [2.05, 4.69) is 15.7 Å². The Hall–Kier alpha value is -3.39. The third kappa shape index (κ3) is 4.86. The molecule has 7 nitrogen and oxygen atoms in total. The summed E-state index contributed by atoms with van der Waals surface area (Å²) in [6, 6.07) is 13.9. The average Bonchev–Trinajstić information content (AvgIpc) is 3.23. The zero-order chi connectivity index (χ0) is 21.8. The number of likely N-dealkylation sites (tertiary alicyclic amines) is 1. The minimum absolute atomic E-state index is 0.0443. The van der Waals surface area contributed by atoms with Gasteiger partial charge in [-0.15, -0.1) is 0 Å². The van der Waals surface area contributed by atoms with Crippen LogP contribution in [0.4, 0.5) is 20.7 Å². The highest BCUT2D eigenvalue weighted by Gasteiger charge is 2.26. The summed E-state index contributed by atoms with van der Waals surface area (Å²) in [5.74, 6) is 0.0804. The van der Waals surface area contributed by atoms with Crippen molar-refractivity contribution in [1.82, 2.24) is 14.7 Å². The molecule has 1 fully saturated rings. The van der Waals surface area contributed by atoms with E-state index < -0.39 is 6.03 Å². The van der Waals surface area contributed by atoms with Crippen molar-refractivity contribution in [3.63, 3.8) is 0 Å². The molecule has 160 valence electrons. The summed E-state index contributed by atoms with van der Waals surface area (Å²) in [6.07, 6.45) is 3.01. The van der Waals surface area contributed by atoms with Crippen LogP contribution in [0.1, 0.15) is 29.2 Å². The lowest BCUT2D eigenvalue weighted by molar-refractivity contribution is 0.0691. The van der Waals surface area contributed by atoms with Crippen LogP contribution in [0.3, 0.4) is 0 Å². The van der Waals surface area contributed by atoms with Crippen LogP contribution in [-0.2, 0) is 0 Å². The zero-order valence-electron chi connectivity index (χ0n) is 16.6. The number of aromatic nitrogens is 2. The van der Waals surface area contributed by atoms with Gasteiger partial charge in [0.1, 0.15) is 11.6 Å². The Labute approximate surface area is 183 Å². The van der Waals surface area contributed by atoms with E-state index in [1.165, 1.54) is 24.3 Å². The van der Waals surface area contributed by atoms with Crippen molar-refractivity contribution in [1.29, 1.82) is 0 Å². The van der Waals surface area contributed by atoms with Crippen LogP contribution in [0.25, 0.3) is 0 Å². The fourth-order valence-electron chi connectivity index (χ4n) is 3.63. The van der Waals surface area contributed by atoms with Gasteiger partial charge >= 0.3 is 6.03 Å². The monoisotopic (exact) mass is 441 g/mol. The molecule has 2 aromatic carbocycles. The standard InChI is InChI=1S/C22H21ClFN5O2/c23-18-3-1-2-4-19(18)26-22(31)27-20-9-12-25-29(20)17-10-13-28(14-11-17)21(30)15-5-7-16(24)8-6-15/h1-9,12,17H,10-11,13-14H2,(H2,26,27,31). The summed E-state index contributed by atoms with van der Waals surface area (Å²) in [4.78, 5) is 26.8. The van der Waals surface area contributed by atoms with E-state index in [1.54, 1.807) is 46.1 Å². The van der Waals surface area contributed by atoms with Crippen LogP contribution in [-0.4, -0.2) is 39.7 Å². The number of halogens is 2. The molecule has 0 radical (unpaired) electrons. The highest BCUT2D eigenvalue weighted by atomic mass is 35.5. The average molecular weight is 442 g/mol. The first-order valence-electron chi connectivity index (χ1n) is 9.92. The van der Waals surface area contributed by atoms with Crippen molar-refractivity contribution < 1.29 is 14.0 Å². The molecule has 0 saturated carbocycles. The zero-order valence-corrected chi connectivity index (χ0v) is 17.3. The van der Waals surface area contributed by atoms with Gasteiger partial charge in [-0.1, -0.05) is 23.7 Å². The summed E-state index contributed by atoms with van der Waals surface area (Å²) in [6.45, 7) is 1.10. The Bertz CT molecular complexity index is 1080. The number of hydrogen-bond donors (Lipinski definition) is 2. The first-order valence-corrected chi connectivity index (χ1v) is 10.3. The van der Waals surface area contributed by atoms with Crippen LogP contribution in [0.5, 0.6) is 0 Å². The summed E-state index contributed by atoms with van der Waals surface area (Å²) < 4.78 is 14.9. The number of rotatable bonds is 4. The normalized spacial score (nSPS) is 14.3. The molecule has 3 amide bonds. The molecule has 0 spiro atoms. The van der Waals surface area contributed by atoms with Crippen molar-refractivity contribution in [3.8, 4) is 0 Å². The van der Waals surface area contributed by atoms with Crippen LogP contribution < -0.4 is 10.6 Å². The smallest absolute Gasteiger partial charge is 0.324 e. The first kappa shape index (κ1) is 20.9. The van der Waals surface area contributed by atoms with E-state index in [1.807, 2.05) is 0 Å². The van der Waals surface area contributed by atoms with Gasteiger partial charge in [0.05, 0.1) is 22.9 Å². The topological polar surface area (TPSA) is 79.3 Å². The van der Waals surface area contributed by atoms with E-state index in [0.29, 0.717) is 48.0 Å². The molecule has 3 aromatic rings. The van der Waals surface area contributed by atoms with Gasteiger partial charge in [0.15, 0.2) is 0 Å². The molecule has 1 saturated heterocycles. The first-order chi connectivity index (χ1) is 15.0. The molecule has 4 rings (SSSR count). The third-order valence-electron chi connectivity index (χ3n) is 5.22. The van der Waals surface area contributed by atoms with Crippen molar-refractivity contribution in [3.05, 3.63) is 77.2 Å². The number of carbonyl (C=O) groups excluding carboxylic acids is 2.